The van der Waals surface area contributed by atoms with E-state index >= 15 is 0 Å². The standard InChI is InChI=1S/C21H21ClN4O4/c1-13-6-14(2)15(3)20(7-13)30-19-9-17(8-18(10-19)26(28)29)24-21(27)4-5-25-12-16(22)11-23-25/h6-12H,4-5H2,1-3H3,(H,24,27). The van der Waals surface area contributed by atoms with Crippen LogP contribution in [0.5, 0.6) is 11.5 Å². The topological polar surface area (TPSA) is 99.3 Å². The van der Waals surface area contributed by atoms with Crippen molar-refractivity contribution in [2.75, 3.05) is 5.32 Å². The summed E-state index contributed by atoms with van der Waals surface area (Å²) < 4.78 is 7.48. The van der Waals surface area contributed by atoms with Crippen LogP contribution in [0.15, 0.2) is 42.7 Å². The maximum absolute atomic E-state index is 12.3. The van der Waals surface area contributed by atoms with Crippen LogP contribution < -0.4 is 10.1 Å². The minimum Gasteiger partial charge on any atom is -0.457 e. The molecule has 156 valence electrons. The lowest BCUT2D eigenvalue weighted by Crippen LogP contribution is -2.15. The summed E-state index contributed by atoms with van der Waals surface area (Å²) in [5, 5.41) is 18.5. The number of aryl methyl sites for hydroxylation is 3. The van der Waals surface area contributed by atoms with E-state index in [4.69, 9.17) is 16.3 Å². The van der Waals surface area contributed by atoms with Crippen molar-refractivity contribution in [2.45, 2.75) is 33.7 Å². The van der Waals surface area contributed by atoms with Gasteiger partial charge < -0.3 is 10.1 Å². The predicted octanol–water partition coefficient (Wildman–Crippen LogP) is 5.19. The van der Waals surface area contributed by atoms with Gasteiger partial charge in [-0.15, -0.1) is 0 Å². The van der Waals surface area contributed by atoms with E-state index in [0.717, 1.165) is 16.7 Å². The van der Waals surface area contributed by atoms with Crippen LogP contribution in [-0.4, -0.2) is 20.6 Å². The highest BCUT2D eigenvalue weighted by atomic mass is 35.5. The number of nitro benzene ring substituents is 1. The Kier molecular flexibility index (Phi) is 6.37. The highest BCUT2D eigenvalue weighted by Gasteiger charge is 2.14. The Morgan fingerprint density at radius 1 is 1.23 bits per heavy atom. The second-order valence-electron chi connectivity index (χ2n) is 7.00. The van der Waals surface area contributed by atoms with Gasteiger partial charge in [0.05, 0.1) is 27.9 Å². The third-order valence-corrected chi connectivity index (χ3v) is 4.74. The number of non-ortho nitro benzene ring substituents is 1. The first-order valence-corrected chi connectivity index (χ1v) is 9.62. The predicted molar refractivity (Wildman–Crippen MR) is 114 cm³/mol. The molecule has 1 amide bonds. The number of amides is 1. The van der Waals surface area contributed by atoms with Crippen molar-refractivity contribution in [1.29, 1.82) is 0 Å². The number of hydrogen-bond acceptors (Lipinski definition) is 5. The normalized spacial score (nSPS) is 10.7. The molecule has 0 aliphatic carbocycles. The number of carbonyl (C=O) groups excluding carboxylic acids is 1. The van der Waals surface area contributed by atoms with Gasteiger partial charge in [-0.2, -0.15) is 5.10 Å². The van der Waals surface area contributed by atoms with Gasteiger partial charge in [0.2, 0.25) is 5.91 Å². The van der Waals surface area contributed by atoms with E-state index in [1.54, 1.807) is 16.9 Å². The van der Waals surface area contributed by atoms with E-state index in [2.05, 4.69) is 10.4 Å². The van der Waals surface area contributed by atoms with Crippen molar-refractivity contribution < 1.29 is 14.5 Å². The first kappa shape index (κ1) is 21.3. The first-order valence-electron chi connectivity index (χ1n) is 9.24. The Hall–Kier alpha value is -3.39. The Morgan fingerprint density at radius 3 is 2.67 bits per heavy atom. The van der Waals surface area contributed by atoms with Gasteiger partial charge in [0.25, 0.3) is 5.69 Å². The Balaban J connectivity index is 1.79. The van der Waals surface area contributed by atoms with Crippen LogP contribution in [0.4, 0.5) is 11.4 Å². The zero-order valence-electron chi connectivity index (χ0n) is 16.8. The van der Waals surface area contributed by atoms with Gasteiger partial charge in [-0.05, 0) is 43.5 Å². The average molecular weight is 429 g/mol. The lowest BCUT2D eigenvalue weighted by molar-refractivity contribution is -0.384. The molecule has 0 unspecified atom stereocenters. The lowest BCUT2D eigenvalue weighted by atomic mass is 10.1. The number of benzene rings is 2. The maximum atomic E-state index is 12.3. The van der Waals surface area contributed by atoms with E-state index in [9.17, 15) is 14.9 Å². The lowest BCUT2D eigenvalue weighted by Gasteiger charge is -2.13. The van der Waals surface area contributed by atoms with Gasteiger partial charge in [-0.25, -0.2) is 0 Å². The van der Waals surface area contributed by atoms with Gasteiger partial charge in [-0.3, -0.25) is 19.6 Å². The van der Waals surface area contributed by atoms with Crippen molar-refractivity contribution in [2.24, 2.45) is 0 Å². The fourth-order valence-electron chi connectivity index (χ4n) is 2.95. The van der Waals surface area contributed by atoms with Crippen molar-refractivity contribution in [1.82, 2.24) is 9.78 Å². The van der Waals surface area contributed by atoms with E-state index in [0.29, 0.717) is 17.3 Å². The van der Waals surface area contributed by atoms with Crippen molar-refractivity contribution >= 4 is 28.9 Å². The highest BCUT2D eigenvalue weighted by molar-refractivity contribution is 6.30. The van der Waals surface area contributed by atoms with Crippen LogP contribution in [0.25, 0.3) is 0 Å². The molecule has 1 heterocycles. The summed E-state index contributed by atoms with van der Waals surface area (Å²) in [5.74, 6) is 0.572. The Bertz CT molecular complexity index is 1110. The molecule has 3 rings (SSSR count). The molecule has 0 fully saturated rings. The molecule has 9 heteroatoms. The van der Waals surface area contributed by atoms with Gasteiger partial charge >= 0.3 is 0 Å². The second kappa shape index (κ2) is 8.96. The van der Waals surface area contributed by atoms with Crippen molar-refractivity contribution in [3.63, 3.8) is 0 Å². The van der Waals surface area contributed by atoms with Crippen LogP contribution in [0.2, 0.25) is 5.02 Å². The number of anilines is 1. The number of nitrogens with zero attached hydrogens (tertiary/aromatic N) is 3. The van der Waals surface area contributed by atoms with E-state index in [-0.39, 0.29) is 29.5 Å². The summed E-state index contributed by atoms with van der Waals surface area (Å²) in [7, 11) is 0. The van der Waals surface area contributed by atoms with Crippen LogP contribution in [0, 0.1) is 30.9 Å². The van der Waals surface area contributed by atoms with E-state index < -0.39 is 4.92 Å². The Labute approximate surface area is 178 Å². The number of rotatable bonds is 7. The second-order valence-corrected chi connectivity index (χ2v) is 7.44. The number of nitrogens with one attached hydrogen (secondary N) is 1. The molecule has 0 aliphatic heterocycles. The zero-order chi connectivity index (χ0) is 21.8. The van der Waals surface area contributed by atoms with Gasteiger partial charge in [0, 0.05) is 31.3 Å². The summed E-state index contributed by atoms with van der Waals surface area (Å²) in [6, 6.07) is 8.10. The molecule has 0 radical (unpaired) electrons. The molecule has 0 atom stereocenters. The molecule has 3 aromatic rings. The molecule has 2 aromatic carbocycles. The van der Waals surface area contributed by atoms with E-state index in [1.807, 2.05) is 32.9 Å². The number of halogens is 1. The monoisotopic (exact) mass is 428 g/mol. The average Bonchev–Trinajstić information content (AvgIpc) is 3.09. The molecule has 0 saturated heterocycles. The third kappa shape index (κ3) is 5.36. The summed E-state index contributed by atoms with van der Waals surface area (Å²) in [5.41, 5.74) is 3.12. The smallest absolute Gasteiger partial charge is 0.275 e. The van der Waals surface area contributed by atoms with Crippen molar-refractivity contribution in [3.05, 3.63) is 74.6 Å². The van der Waals surface area contributed by atoms with Crippen LogP contribution in [-0.2, 0) is 11.3 Å². The molecule has 0 aliphatic rings. The van der Waals surface area contributed by atoms with Crippen LogP contribution in [0.3, 0.4) is 0 Å². The van der Waals surface area contributed by atoms with E-state index in [1.165, 1.54) is 18.3 Å². The van der Waals surface area contributed by atoms with Gasteiger partial charge in [0.15, 0.2) is 0 Å². The summed E-state index contributed by atoms with van der Waals surface area (Å²) in [4.78, 5) is 23.1. The molecule has 1 N–H and O–H groups in total. The fraction of sp³-hybridized carbons (Fsp3) is 0.238. The summed E-state index contributed by atoms with van der Waals surface area (Å²) >= 11 is 5.81. The summed E-state index contributed by atoms with van der Waals surface area (Å²) in [6.07, 6.45) is 3.23. The van der Waals surface area contributed by atoms with Gasteiger partial charge in [-0.1, -0.05) is 17.7 Å². The zero-order valence-corrected chi connectivity index (χ0v) is 17.6. The SMILES string of the molecule is Cc1cc(C)c(C)c(Oc2cc(NC(=O)CCn3cc(Cl)cn3)cc([N+](=O)[O-])c2)c1. The molecule has 30 heavy (non-hydrogen) atoms. The fourth-order valence-corrected chi connectivity index (χ4v) is 3.11. The number of ether oxygens (including phenoxy) is 1. The quantitative estimate of drug-likeness (QED) is 0.412. The van der Waals surface area contributed by atoms with Gasteiger partial charge in [0.1, 0.15) is 11.5 Å². The molecular formula is C21H21ClN4O4. The summed E-state index contributed by atoms with van der Waals surface area (Å²) in [6.45, 7) is 6.18. The highest BCUT2D eigenvalue weighted by Crippen LogP contribution is 2.33. The molecule has 0 bridgehead atoms. The minimum atomic E-state index is -0.525. The van der Waals surface area contributed by atoms with Crippen LogP contribution in [0.1, 0.15) is 23.1 Å². The largest absolute Gasteiger partial charge is 0.457 e. The maximum Gasteiger partial charge on any atom is 0.275 e. The number of aromatic nitrogens is 2. The number of hydrogen-bond donors (Lipinski definition) is 1. The molecule has 1 aromatic heterocycles. The molecular weight excluding hydrogens is 408 g/mol. The molecule has 0 spiro atoms. The Morgan fingerprint density at radius 2 is 2.00 bits per heavy atom. The molecule has 0 saturated carbocycles. The van der Waals surface area contributed by atoms with Crippen LogP contribution >= 0.6 is 11.6 Å². The third-order valence-electron chi connectivity index (χ3n) is 4.55. The molecule has 8 nitrogen and oxygen atoms in total. The minimum absolute atomic E-state index is 0.132. The van der Waals surface area contributed by atoms with Crippen molar-refractivity contribution in [3.8, 4) is 11.5 Å². The number of carbonyl (C=O) groups is 1. The number of nitro groups is 1. The first-order chi connectivity index (χ1) is 14.2.